The van der Waals surface area contributed by atoms with Crippen molar-refractivity contribution in [2.75, 3.05) is 30.9 Å². The number of halogens is 1. The van der Waals surface area contributed by atoms with Gasteiger partial charge in [0.25, 0.3) is 0 Å². The summed E-state index contributed by atoms with van der Waals surface area (Å²) in [4.78, 5) is 6.45. The fraction of sp³-hybridized carbons (Fsp3) is 0.294. The van der Waals surface area contributed by atoms with Crippen molar-refractivity contribution >= 4 is 33.5 Å². The van der Waals surface area contributed by atoms with Gasteiger partial charge in [0, 0.05) is 43.2 Å². The van der Waals surface area contributed by atoms with E-state index in [1.54, 1.807) is 0 Å². The third-order valence-corrected chi connectivity index (χ3v) is 4.10. The van der Waals surface area contributed by atoms with Crippen molar-refractivity contribution in [3.8, 4) is 5.75 Å². The van der Waals surface area contributed by atoms with Gasteiger partial charge in [0.15, 0.2) is 0 Å². The first kappa shape index (κ1) is 17.3. The van der Waals surface area contributed by atoms with Crippen LogP contribution >= 0.6 is 15.9 Å². The van der Waals surface area contributed by atoms with Gasteiger partial charge in [-0.3, -0.25) is 4.98 Å². The lowest BCUT2D eigenvalue weighted by Gasteiger charge is -2.23. The van der Waals surface area contributed by atoms with Crippen LogP contribution in [-0.2, 0) is 6.54 Å². The number of pyridine rings is 1. The van der Waals surface area contributed by atoms with Gasteiger partial charge in [0.1, 0.15) is 12.4 Å². The summed E-state index contributed by atoms with van der Waals surface area (Å²) in [6, 6.07) is 8.05. The van der Waals surface area contributed by atoms with Crippen LogP contribution in [0.5, 0.6) is 5.75 Å². The molecule has 0 unspecified atom stereocenters. The van der Waals surface area contributed by atoms with Crippen LogP contribution in [0.4, 0.5) is 11.4 Å². The highest BCUT2D eigenvalue weighted by atomic mass is 79.9. The molecule has 0 saturated heterocycles. The van der Waals surface area contributed by atoms with Crippen LogP contribution in [0, 0.1) is 12.3 Å². The SMILES string of the molecule is CNc1cc(N(C)Cc2ccc(C)nc2)c(OCC=N)cc1Br. The van der Waals surface area contributed by atoms with Gasteiger partial charge in [-0.2, -0.15) is 0 Å². The minimum Gasteiger partial charge on any atom is -0.486 e. The van der Waals surface area contributed by atoms with Crippen molar-refractivity contribution in [2.45, 2.75) is 13.5 Å². The van der Waals surface area contributed by atoms with Crippen LogP contribution in [0.25, 0.3) is 0 Å². The lowest BCUT2D eigenvalue weighted by Crippen LogP contribution is -2.18. The standard InChI is InChI=1S/C17H21BrN4O/c1-12-4-5-13(10-21-12)11-22(3)16-9-15(20-2)14(18)8-17(16)23-7-6-19/h4-6,8-10,19-20H,7,11H2,1-3H3. The van der Waals surface area contributed by atoms with Crippen LogP contribution in [0.3, 0.4) is 0 Å². The zero-order valence-electron chi connectivity index (χ0n) is 13.6. The highest BCUT2D eigenvalue weighted by molar-refractivity contribution is 9.10. The molecule has 0 aliphatic carbocycles. The Balaban J connectivity index is 2.30. The number of hydrogen-bond acceptors (Lipinski definition) is 5. The molecule has 0 atom stereocenters. The molecule has 1 heterocycles. The van der Waals surface area contributed by atoms with Gasteiger partial charge in [0.05, 0.1) is 11.4 Å². The number of hydrogen-bond donors (Lipinski definition) is 2. The smallest absolute Gasteiger partial charge is 0.144 e. The van der Waals surface area contributed by atoms with Crippen molar-refractivity contribution in [3.05, 3.63) is 46.2 Å². The monoisotopic (exact) mass is 376 g/mol. The second-order valence-corrected chi connectivity index (χ2v) is 6.08. The number of nitrogens with zero attached hydrogens (tertiary/aromatic N) is 2. The zero-order chi connectivity index (χ0) is 16.8. The third-order valence-electron chi connectivity index (χ3n) is 3.44. The Bertz CT molecular complexity index is 673. The molecule has 0 saturated carbocycles. The van der Waals surface area contributed by atoms with E-state index >= 15 is 0 Å². The average molecular weight is 377 g/mol. The fourth-order valence-electron chi connectivity index (χ4n) is 2.23. The van der Waals surface area contributed by atoms with Crippen LogP contribution in [0.2, 0.25) is 0 Å². The zero-order valence-corrected chi connectivity index (χ0v) is 15.1. The summed E-state index contributed by atoms with van der Waals surface area (Å²) in [7, 11) is 3.89. The number of rotatable bonds is 7. The normalized spacial score (nSPS) is 10.3. The molecule has 0 aliphatic heterocycles. The quantitative estimate of drug-likeness (QED) is 0.720. The summed E-state index contributed by atoms with van der Waals surface area (Å²) in [5, 5.41) is 10.3. The maximum Gasteiger partial charge on any atom is 0.144 e. The molecule has 23 heavy (non-hydrogen) atoms. The van der Waals surface area contributed by atoms with Gasteiger partial charge in [-0.1, -0.05) is 6.07 Å². The van der Waals surface area contributed by atoms with Gasteiger partial charge < -0.3 is 20.4 Å². The van der Waals surface area contributed by atoms with E-state index in [9.17, 15) is 0 Å². The lowest BCUT2D eigenvalue weighted by molar-refractivity contribution is 0.380. The lowest BCUT2D eigenvalue weighted by atomic mass is 10.2. The molecule has 1 aromatic carbocycles. The van der Waals surface area contributed by atoms with Crippen molar-refractivity contribution < 1.29 is 4.74 Å². The topological polar surface area (TPSA) is 61.2 Å². The minimum absolute atomic E-state index is 0.248. The third kappa shape index (κ3) is 4.45. The van der Waals surface area contributed by atoms with Crippen LogP contribution in [0.15, 0.2) is 34.9 Å². The van der Waals surface area contributed by atoms with Crippen molar-refractivity contribution in [1.29, 1.82) is 5.41 Å². The largest absolute Gasteiger partial charge is 0.486 e. The molecular weight excluding hydrogens is 356 g/mol. The van der Waals surface area contributed by atoms with Crippen LogP contribution in [-0.4, -0.2) is 31.9 Å². The van der Waals surface area contributed by atoms with Crippen LogP contribution in [0.1, 0.15) is 11.3 Å². The van der Waals surface area contributed by atoms with E-state index in [4.69, 9.17) is 10.1 Å². The summed E-state index contributed by atoms with van der Waals surface area (Å²) in [5.41, 5.74) is 4.08. The Kier molecular flexibility index (Phi) is 5.98. The first-order valence-corrected chi connectivity index (χ1v) is 8.10. The van der Waals surface area contributed by atoms with Crippen molar-refractivity contribution in [3.63, 3.8) is 0 Å². The number of nitrogens with one attached hydrogen (secondary N) is 2. The molecule has 5 nitrogen and oxygen atoms in total. The number of ether oxygens (including phenoxy) is 1. The van der Waals surface area contributed by atoms with E-state index in [0.29, 0.717) is 0 Å². The minimum atomic E-state index is 0.248. The van der Waals surface area contributed by atoms with Gasteiger partial charge >= 0.3 is 0 Å². The molecule has 0 aliphatic rings. The van der Waals surface area contributed by atoms with Gasteiger partial charge in [-0.25, -0.2) is 0 Å². The molecule has 2 rings (SSSR count). The highest BCUT2D eigenvalue weighted by Crippen LogP contribution is 2.37. The van der Waals surface area contributed by atoms with Crippen molar-refractivity contribution in [1.82, 2.24) is 4.98 Å². The Morgan fingerprint density at radius 2 is 2.17 bits per heavy atom. The van der Waals surface area contributed by atoms with E-state index in [1.807, 2.05) is 45.4 Å². The number of anilines is 2. The maximum absolute atomic E-state index is 7.17. The summed E-state index contributed by atoms with van der Waals surface area (Å²) in [6.07, 6.45) is 3.13. The first-order valence-electron chi connectivity index (χ1n) is 7.31. The molecule has 2 aromatic rings. The Morgan fingerprint density at radius 3 is 2.78 bits per heavy atom. The molecule has 6 heteroatoms. The summed E-state index contributed by atoms with van der Waals surface area (Å²) < 4.78 is 6.61. The molecule has 2 N–H and O–H groups in total. The molecule has 0 bridgehead atoms. The first-order chi connectivity index (χ1) is 11.0. The van der Waals surface area contributed by atoms with Gasteiger partial charge in [-0.15, -0.1) is 0 Å². The van der Waals surface area contributed by atoms with E-state index in [-0.39, 0.29) is 6.61 Å². The number of aromatic nitrogens is 1. The van der Waals surface area contributed by atoms with E-state index in [1.165, 1.54) is 6.21 Å². The van der Waals surface area contributed by atoms with Gasteiger partial charge in [-0.05, 0) is 46.6 Å². The average Bonchev–Trinajstić information content (AvgIpc) is 2.55. The molecule has 1 aromatic heterocycles. The van der Waals surface area contributed by atoms with E-state index < -0.39 is 0 Å². The summed E-state index contributed by atoms with van der Waals surface area (Å²) in [5.74, 6) is 0.738. The van der Waals surface area contributed by atoms with E-state index in [2.05, 4.69) is 37.2 Å². The summed E-state index contributed by atoms with van der Waals surface area (Å²) in [6.45, 7) is 2.95. The molecule has 0 radical (unpaired) electrons. The van der Waals surface area contributed by atoms with Crippen molar-refractivity contribution in [2.24, 2.45) is 0 Å². The Morgan fingerprint density at radius 1 is 1.39 bits per heavy atom. The number of benzene rings is 1. The predicted octanol–water partition coefficient (Wildman–Crippen LogP) is 3.86. The fourth-order valence-corrected chi connectivity index (χ4v) is 2.75. The number of aryl methyl sites for hydroxylation is 1. The molecular formula is C17H21BrN4O. The summed E-state index contributed by atoms with van der Waals surface area (Å²) >= 11 is 3.53. The second kappa shape index (κ2) is 7.97. The molecule has 0 amide bonds. The van der Waals surface area contributed by atoms with E-state index in [0.717, 1.165) is 39.4 Å². The Labute approximate surface area is 145 Å². The molecule has 122 valence electrons. The predicted molar refractivity (Wildman–Crippen MR) is 99.0 cm³/mol. The molecule has 0 spiro atoms. The Hall–Kier alpha value is -2.08. The van der Waals surface area contributed by atoms with Crippen LogP contribution < -0.4 is 15.0 Å². The maximum atomic E-state index is 7.17. The second-order valence-electron chi connectivity index (χ2n) is 5.23. The highest BCUT2D eigenvalue weighted by Gasteiger charge is 2.13. The van der Waals surface area contributed by atoms with Gasteiger partial charge in [0.2, 0.25) is 0 Å². The molecule has 0 fully saturated rings.